The topological polar surface area (TPSA) is 102 Å². The Kier molecular flexibility index (Phi) is 7.08. The van der Waals surface area contributed by atoms with Crippen molar-refractivity contribution in [3.63, 3.8) is 0 Å². The van der Waals surface area contributed by atoms with Crippen LogP contribution in [0.15, 0.2) is 12.3 Å². The summed E-state index contributed by atoms with van der Waals surface area (Å²) in [6.45, 7) is 4.89. The minimum Gasteiger partial charge on any atom is -0.381 e. The second-order valence-corrected chi connectivity index (χ2v) is 8.29. The molecule has 3 rings (SSSR count). The van der Waals surface area contributed by atoms with Gasteiger partial charge in [0.15, 0.2) is 0 Å². The number of halogens is 1. The van der Waals surface area contributed by atoms with Gasteiger partial charge in [0.25, 0.3) is 17.6 Å². The number of rotatable bonds is 6. The van der Waals surface area contributed by atoms with Crippen molar-refractivity contribution in [1.82, 2.24) is 14.9 Å². The summed E-state index contributed by atoms with van der Waals surface area (Å²) in [7, 11) is 3.32. The number of aryl methyl sites for hydroxylation is 1. The molecule has 1 aliphatic carbocycles. The number of hydrogen-bond acceptors (Lipinski definition) is 5. The Morgan fingerprint density at radius 3 is 2.41 bits per heavy atom. The van der Waals surface area contributed by atoms with E-state index < -0.39 is 23.5 Å². The molecule has 0 radical (unpaired) electrons. The number of carbonyl (C=O) groups is 3. The minimum absolute atomic E-state index is 0.0727. The molecular weight excluding hydrogens is 415 g/mol. The van der Waals surface area contributed by atoms with E-state index >= 15 is 0 Å². The Morgan fingerprint density at radius 2 is 1.81 bits per heavy atom. The number of carbonyl (C=O) groups excluding carboxylic acids is 3. The highest BCUT2D eigenvalue weighted by Crippen LogP contribution is 2.24. The molecule has 1 aliphatic rings. The predicted molar refractivity (Wildman–Crippen MR) is 117 cm³/mol. The number of aromatic nitrogens is 2. The van der Waals surface area contributed by atoms with Crippen LogP contribution in [0.3, 0.4) is 0 Å². The van der Waals surface area contributed by atoms with Gasteiger partial charge in [0, 0.05) is 31.5 Å². The van der Waals surface area contributed by atoms with E-state index in [0.717, 1.165) is 25.7 Å². The van der Waals surface area contributed by atoms with Crippen LogP contribution in [0.4, 0.5) is 10.1 Å². The third kappa shape index (κ3) is 4.72. The van der Waals surface area contributed by atoms with E-state index in [-0.39, 0.29) is 17.8 Å². The standard InChI is InChI=1S/C23H29FN4O4/c1-12-10-16(11-25-21(12)24)27-22(30)18-13(2)19(28(4)14(18)3)20(29)23(31)26-15-6-8-17(32-5)9-7-15/h10-11,15,17H,6-9H2,1-5H3,(H,26,31)(H,27,30)/t15-,17+. The lowest BCUT2D eigenvalue weighted by atomic mass is 9.93. The van der Waals surface area contributed by atoms with Crippen molar-refractivity contribution in [3.05, 3.63) is 46.3 Å². The van der Waals surface area contributed by atoms with Crippen molar-refractivity contribution >= 4 is 23.3 Å². The average Bonchev–Trinajstić information content (AvgIpc) is 2.99. The molecule has 2 N–H and O–H groups in total. The monoisotopic (exact) mass is 444 g/mol. The number of methoxy groups -OCH3 is 1. The van der Waals surface area contributed by atoms with Crippen molar-refractivity contribution in [2.75, 3.05) is 12.4 Å². The van der Waals surface area contributed by atoms with Crippen molar-refractivity contribution < 1.29 is 23.5 Å². The number of nitrogens with one attached hydrogen (secondary N) is 2. The molecule has 1 saturated carbocycles. The maximum Gasteiger partial charge on any atom is 0.294 e. The van der Waals surface area contributed by atoms with E-state index in [0.29, 0.717) is 28.1 Å². The van der Waals surface area contributed by atoms with Crippen molar-refractivity contribution in [2.45, 2.75) is 58.6 Å². The molecule has 0 spiro atoms. The lowest BCUT2D eigenvalue weighted by molar-refractivity contribution is -0.118. The van der Waals surface area contributed by atoms with Crippen LogP contribution >= 0.6 is 0 Å². The van der Waals surface area contributed by atoms with Gasteiger partial charge < -0.3 is 19.9 Å². The zero-order valence-electron chi connectivity index (χ0n) is 19.0. The summed E-state index contributed by atoms with van der Waals surface area (Å²) in [4.78, 5) is 42.2. The number of ether oxygens (including phenoxy) is 1. The highest BCUT2D eigenvalue weighted by Gasteiger charge is 2.30. The SMILES string of the molecule is CO[C@H]1CC[C@@H](NC(=O)C(=O)c2c(C)c(C(=O)Nc3cnc(F)c(C)c3)c(C)n2C)CC1. The molecular formula is C23H29FN4O4. The van der Waals surface area contributed by atoms with E-state index in [2.05, 4.69) is 15.6 Å². The number of amides is 2. The first-order valence-corrected chi connectivity index (χ1v) is 10.6. The van der Waals surface area contributed by atoms with Crippen LogP contribution in [-0.2, 0) is 16.6 Å². The van der Waals surface area contributed by atoms with Gasteiger partial charge in [-0.05, 0) is 58.1 Å². The Morgan fingerprint density at radius 1 is 1.16 bits per heavy atom. The molecule has 2 heterocycles. The van der Waals surface area contributed by atoms with Gasteiger partial charge in [-0.3, -0.25) is 14.4 Å². The zero-order valence-corrected chi connectivity index (χ0v) is 19.0. The van der Waals surface area contributed by atoms with Crippen LogP contribution in [0.25, 0.3) is 0 Å². The fourth-order valence-electron chi connectivity index (χ4n) is 4.26. The van der Waals surface area contributed by atoms with Gasteiger partial charge in [0.05, 0.1) is 29.2 Å². The molecule has 32 heavy (non-hydrogen) atoms. The number of nitrogens with zero attached hydrogens (tertiary/aromatic N) is 2. The summed E-state index contributed by atoms with van der Waals surface area (Å²) in [6.07, 6.45) is 4.59. The Hall–Kier alpha value is -3.07. The van der Waals surface area contributed by atoms with E-state index in [1.54, 1.807) is 39.5 Å². The first-order chi connectivity index (χ1) is 15.1. The van der Waals surface area contributed by atoms with Crippen LogP contribution in [0, 0.1) is 26.7 Å². The number of anilines is 1. The third-order valence-corrected chi connectivity index (χ3v) is 6.19. The highest BCUT2D eigenvalue weighted by molar-refractivity contribution is 6.43. The second kappa shape index (κ2) is 9.60. The summed E-state index contributed by atoms with van der Waals surface area (Å²) in [5, 5.41) is 5.51. The summed E-state index contributed by atoms with van der Waals surface area (Å²) in [5.74, 6) is -2.43. The Balaban J connectivity index is 1.77. The van der Waals surface area contributed by atoms with Crippen LogP contribution in [-0.4, -0.2) is 46.4 Å². The average molecular weight is 445 g/mol. The first kappa shape index (κ1) is 23.6. The summed E-state index contributed by atoms with van der Waals surface area (Å²) in [5.41, 5.74) is 2.07. The van der Waals surface area contributed by atoms with Gasteiger partial charge in [0.2, 0.25) is 5.95 Å². The Labute approximate surface area is 186 Å². The van der Waals surface area contributed by atoms with E-state index in [1.807, 2.05) is 0 Å². The molecule has 2 amide bonds. The van der Waals surface area contributed by atoms with Crippen LogP contribution in [0.5, 0.6) is 0 Å². The number of pyridine rings is 1. The minimum atomic E-state index is -0.681. The van der Waals surface area contributed by atoms with Crippen molar-refractivity contribution in [2.24, 2.45) is 7.05 Å². The van der Waals surface area contributed by atoms with E-state index in [1.165, 1.54) is 12.3 Å². The maximum atomic E-state index is 13.4. The molecule has 0 atom stereocenters. The lowest BCUT2D eigenvalue weighted by Crippen LogP contribution is -2.42. The molecule has 0 aromatic carbocycles. The lowest BCUT2D eigenvalue weighted by Gasteiger charge is -2.28. The zero-order chi connectivity index (χ0) is 23.6. The van der Waals surface area contributed by atoms with Gasteiger partial charge in [-0.15, -0.1) is 0 Å². The second-order valence-electron chi connectivity index (χ2n) is 8.29. The fourth-order valence-corrected chi connectivity index (χ4v) is 4.26. The molecule has 0 bridgehead atoms. The van der Waals surface area contributed by atoms with Crippen LogP contribution < -0.4 is 10.6 Å². The summed E-state index contributed by atoms with van der Waals surface area (Å²) < 4.78 is 20.3. The van der Waals surface area contributed by atoms with Crippen LogP contribution in [0.2, 0.25) is 0 Å². The van der Waals surface area contributed by atoms with Crippen molar-refractivity contribution in [3.8, 4) is 0 Å². The smallest absolute Gasteiger partial charge is 0.294 e. The van der Waals surface area contributed by atoms with Crippen molar-refractivity contribution in [1.29, 1.82) is 0 Å². The summed E-state index contributed by atoms with van der Waals surface area (Å²) >= 11 is 0. The molecule has 0 saturated heterocycles. The van der Waals surface area contributed by atoms with Crippen LogP contribution in [0.1, 0.15) is 63.4 Å². The number of ketones is 1. The Bertz CT molecular complexity index is 1050. The molecule has 0 unspecified atom stereocenters. The van der Waals surface area contributed by atoms with E-state index in [9.17, 15) is 18.8 Å². The summed E-state index contributed by atoms with van der Waals surface area (Å²) in [6, 6.07) is 1.41. The molecule has 8 nitrogen and oxygen atoms in total. The molecule has 2 aromatic rings. The van der Waals surface area contributed by atoms with E-state index in [4.69, 9.17) is 4.74 Å². The normalized spacial score (nSPS) is 18.3. The highest BCUT2D eigenvalue weighted by atomic mass is 19.1. The molecule has 172 valence electrons. The quantitative estimate of drug-likeness (QED) is 0.405. The maximum absolute atomic E-state index is 13.4. The predicted octanol–water partition coefficient (Wildman–Crippen LogP) is 2.99. The molecule has 1 fully saturated rings. The van der Waals surface area contributed by atoms with Gasteiger partial charge >= 0.3 is 0 Å². The molecule has 9 heteroatoms. The van der Waals surface area contributed by atoms with Gasteiger partial charge in [-0.1, -0.05) is 0 Å². The molecule has 0 aliphatic heterocycles. The largest absolute Gasteiger partial charge is 0.381 e. The van der Waals surface area contributed by atoms with Gasteiger partial charge in [-0.25, -0.2) is 4.98 Å². The third-order valence-electron chi connectivity index (χ3n) is 6.19. The van der Waals surface area contributed by atoms with Gasteiger partial charge in [0.1, 0.15) is 0 Å². The van der Waals surface area contributed by atoms with Gasteiger partial charge in [-0.2, -0.15) is 4.39 Å². The first-order valence-electron chi connectivity index (χ1n) is 10.6. The number of Topliss-reactive ketones (excluding diaryl/α,β-unsaturated/α-hetero) is 1. The fraction of sp³-hybridized carbons (Fsp3) is 0.478. The number of hydrogen-bond donors (Lipinski definition) is 2. The molecule has 2 aromatic heterocycles.